The quantitative estimate of drug-likeness (QED) is 0.914. The lowest BCUT2D eigenvalue weighted by atomic mass is 9.97. The Balaban J connectivity index is 1.69. The summed E-state index contributed by atoms with van der Waals surface area (Å²) in [4.78, 5) is 0. The highest BCUT2D eigenvalue weighted by molar-refractivity contribution is 5.35. The van der Waals surface area contributed by atoms with Crippen LogP contribution in [0.4, 0.5) is 8.78 Å². The van der Waals surface area contributed by atoms with Crippen LogP contribution in [0.15, 0.2) is 36.4 Å². The largest absolute Gasteiger partial charge is 0.327 e. The second kappa shape index (κ2) is 5.94. The van der Waals surface area contributed by atoms with E-state index in [0.29, 0.717) is 18.4 Å². The van der Waals surface area contributed by atoms with Crippen molar-refractivity contribution in [2.45, 2.75) is 38.1 Å². The van der Waals surface area contributed by atoms with Gasteiger partial charge in [-0.2, -0.15) is 0 Å². The van der Waals surface area contributed by atoms with E-state index in [1.807, 2.05) is 0 Å². The smallest absolute Gasteiger partial charge is 0.162 e. The predicted molar refractivity (Wildman–Crippen MR) is 80.2 cm³/mol. The Bertz CT molecular complexity index is 652. The molecular formula is C18H19F2N. The van der Waals surface area contributed by atoms with Gasteiger partial charge in [0, 0.05) is 6.04 Å². The van der Waals surface area contributed by atoms with E-state index in [-0.39, 0.29) is 6.04 Å². The van der Waals surface area contributed by atoms with E-state index in [4.69, 9.17) is 5.73 Å². The maximum absolute atomic E-state index is 13.7. The number of halogens is 2. The van der Waals surface area contributed by atoms with Gasteiger partial charge in [0.1, 0.15) is 0 Å². The lowest BCUT2D eigenvalue weighted by molar-refractivity contribution is 0.492. The summed E-state index contributed by atoms with van der Waals surface area (Å²) in [6.45, 7) is 0. The van der Waals surface area contributed by atoms with Crippen LogP contribution in [0.5, 0.6) is 0 Å². The normalized spacial score (nSPS) is 15.0. The summed E-state index contributed by atoms with van der Waals surface area (Å²) in [6.07, 6.45) is 4.55. The Labute approximate surface area is 123 Å². The predicted octanol–water partition coefficient (Wildman–Crippen LogP) is 3.57. The summed E-state index contributed by atoms with van der Waals surface area (Å²) in [5, 5.41) is 0. The fourth-order valence-corrected chi connectivity index (χ4v) is 3.12. The van der Waals surface area contributed by atoms with E-state index in [0.717, 1.165) is 18.9 Å². The first-order chi connectivity index (χ1) is 10.1. The summed E-state index contributed by atoms with van der Waals surface area (Å²) >= 11 is 0. The van der Waals surface area contributed by atoms with Gasteiger partial charge >= 0.3 is 0 Å². The number of hydrogen-bond acceptors (Lipinski definition) is 1. The molecule has 0 fully saturated rings. The van der Waals surface area contributed by atoms with Crippen molar-refractivity contribution in [2.75, 3.05) is 0 Å². The number of rotatable bonds is 4. The highest BCUT2D eigenvalue weighted by Gasteiger charge is 2.14. The minimum atomic E-state index is -0.808. The highest BCUT2D eigenvalue weighted by atomic mass is 19.2. The number of hydrogen-bond donors (Lipinski definition) is 1. The van der Waals surface area contributed by atoms with Crippen LogP contribution in [0, 0.1) is 11.6 Å². The van der Waals surface area contributed by atoms with Crippen LogP contribution < -0.4 is 5.73 Å². The molecule has 0 saturated heterocycles. The number of aryl methyl sites for hydroxylation is 2. The van der Waals surface area contributed by atoms with Crippen LogP contribution >= 0.6 is 0 Å². The van der Waals surface area contributed by atoms with Gasteiger partial charge in [0.15, 0.2) is 11.6 Å². The van der Waals surface area contributed by atoms with Crippen molar-refractivity contribution in [3.05, 3.63) is 70.3 Å². The topological polar surface area (TPSA) is 26.0 Å². The number of benzene rings is 2. The summed E-state index contributed by atoms with van der Waals surface area (Å²) in [5.74, 6) is -1.58. The lowest BCUT2D eigenvalue weighted by Gasteiger charge is -2.13. The molecule has 0 radical (unpaired) electrons. The molecule has 1 atom stereocenters. The van der Waals surface area contributed by atoms with Gasteiger partial charge in [-0.15, -0.1) is 0 Å². The van der Waals surface area contributed by atoms with Gasteiger partial charge in [-0.3, -0.25) is 0 Å². The Morgan fingerprint density at radius 3 is 2.67 bits per heavy atom. The van der Waals surface area contributed by atoms with Crippen molar-refractivity contribution in [3.63, 3.8) is 0 Å². The molecule has 0 bridgehead atoms. The van der Waals surface area contributed by atoms with Crippen molar-refractivity contribution in [1.82, 2.24) is 0 Å². The maximum Gasteiger partial charge on any atom is 0.162 e. The molecule has 0 saturated carbocycles. The van der Waals surface area contributed by atoms with Crippen LogP contribution in [0.3, 0.4) is 0 Å². The van der Waals surface area contributed by atoms with Gasteiger partial charge in [-0.25, -0.2) is 8.78 Å². The van der Waals surface area contributed by atoms with Crippen LogP contribution in [0.1, 0.15) is 28.7 Å². The number of fused-ring (bicyclic) bond motifs is 1. The van der Waals surface area contributed by atoms with Gasteiger partial charge in [-0.1, -0.05) is 30.3 Å². The zero-order chi connectivity index (χ0) is 14.8. The van der Waals surface area contributed by atoms with Crippen molar-refractivity contribution >= 4 is 0 Å². The molecule has 2 N–H and O–H groups in total. The zero-order valence-corrected chi connectivity index (χ0v) is 11.9. The third-order valence-corrected chi connectivity index (χ3v) is 4.17. The average Bonchev–Trinajstić information content (AvgIpc) is 2.91. The molecule has 2 aromatic carbocycles. The average molecular weight is 287 g/mol. The van der Waals surface area contributed by atoms with Crippen LogP contribution in [-0.4, -0.2) is 6.04 Å². The molecule has 2 aromatic rings. The van der Waals surface area contributed by atoms with E-state index < -0.39 is 11.6 Å². The first-order valence-electron chi connectivity index (χ1n) is 7.42. The molecule has 1 unspecified atom stereocenters. The first-order valence-corrected chi connectivity index (χ1v) is 7.42. The fourth-order valence-electron chi connectivity index (χ4n) is 3.12. The molecule has 110 valence electrons. The van der Waals surface area contributed by atoms with E-state index in [1.54, 1.807) is 6.07 Å². The van der Waals surface area contributed by atoms with Crippen LogP contribution in [0.25, 0.3) is 0 Å². The highest BCUT2D eigenvalue weighted by Crippen LogP contribution is 2.23. The summed E-state index contributed by atoms with van der Waals surface area (Å²) in [7, 11) is 0. The third-order valence-electron chi connectivity index (χ3n) is 4.17. The Hall–Kier alpha value is -1.74. The van der Waals surface area contributed by atoms with Gasteiger partial charge in [0.25, 0.3) is 0 Å². The lowest BCUT2D eigenvalue weighted by Crippen LogP contribution is -2.26. The molecule has 0 amide bonds. The molecular weight excluding hydrogens is 268 g/mol. The fraction of sp³-hybridized carbons (Fsp3) is 0.333. The SMILES string of the molecule is NC(Cc1ccc2c(c1)CCC2)Cc1cccc(F)c1F. The third kappa shape index (κ3) is 3.13. The van der Waals surface area contributed by atoms with Gasteiger partial charge < -0.3 is 5.73 Å². The van der Waals surface area contributed by atoms with Gasteiger partial charge in [0.2, 0.25) is 0 Å². The maximum atomic E-state index is 13.7. The molecule has 1 aliphatic rings. The minimum absolute atomic E-state index is 0.208. The van der Waals surface area contributed by atoms with E-state index in [9.17, 15) is 8.78 Å². The molecule has 1 aliphatic carbocycles. The summed E-state index contributed by atoms with van der Waals surface area (Å²) in [5.41, 5.74) is 10.5. The van der Waals surface area contributed by atoms with Gasteiger partial charge in [0.05, 0.1) is 0 Å². The van der Waals surface area contributed by atoms with E-state index in [1.165, 1.54) is 29.2 Å². The Kier molecular flexibility index (Phi) is 4.02. The molecule has 3 rings (SSSR count). The molecule has 1 nitrogen and oxygen atoms in total. The molecule has 3 heteroatoms. The first kappa shape index (κ1) is 14.2. The Morgan fingerprint density at radius 1 is 1.00 bits per heavy atom. The monoisotopic (exact) mass is 287 g/mol. The second-order valence-electron chi connectivity index (χ2n) is 5.84. The molecule has 0 aromatic heterocycles. The molecule has 0 aliphatic heterocycles. The second-order valence-corrected chi connectivity index (χ2v) is 5.84. The van der Waals surface area contributed by atoms with E-state index in [2.05, 4.69) is 18.2 Å². The molecule has 21 heavy (non-hydrogen) atoms. The van der Waals surface area contributed by atoms with Crippen LogP contribution in [0.2, 0.25) is 0 Å². The standard InChI is InChI=1S/C18H19F2N/c19-17-6-2-5-15(18(17)20)11-16(21)10-12-7-8-13-3-1-4-14(13)9-12/h2,5-9,16H,1,3-4,10-11,21H2. The van der Waals surface area contributed by atoms with Crippen LogP contribution in [-0.2, 0) is 25.7 Å². The minimum Gasteiger partial charge on any atom is -0.327 e. The Morgan fingerprint density at radius 2 is 1.81 bits per heavy atom. The molecule has 0 spiro atoms. The van der Waals surface area contributed by atoms with Crippen molar-refractivity contribution in [2.24, 2.45) is 5.73 Å². The van der Waals surface area contributed by atoms with E-state index >= 15 is 0 Å². The van der Waals surface area contributed by atoms with Crippen molar-refractivity contribution < 1.29 is 8.78 Å². The molecule has 0 heterocycles. The number of nitrogens with two attached hydrogens (primary N) is 1. The zero-order valence-electron chi connectivity index (χ0n) is 11.9. The summed E-state index contributed by atoms with van der Waals surface area (Å²) < 4.78 is 26.8. The van der Waals surface area contributed by atoms with Crippen molar-refractivity contribution in [3.8, 4) is 0 Å². The summed E-state index contributed by atoms with van der Waals surface area (Å²) in [6, 6.07) is 10.5. The van der Waals surface area contributed by atoms with Crippen molar-refractivity contribution in [1.29, 1.82) is 0 Å². The van der Waals surface area contributed by atoms with Gasteiger partial charge in [-0.05, 0) is 60.4 Å².